The highest BCUT2D eigenvalue weighted by atomic mass is 16.5. The van der Waals surface area contributed by atoms with Crippen molar-refractivity contribution in [1.82, 2.24) is 4.90 Å². The first kappa shape index (κ1) is 28.8. The summed E-state index contributed by atoms with van der Waals surface area (Å²) < 4.78 is 5.57. The molecular weight excluding hydrogens is 488 g/mol. The Labute approximate surface area is 234 Å². The number of para-hydroxylation sites is 2. The molecule has 2 fully saturated rings. The predicted octanol–water partition coefficient (Wildman–Crippen LogP) is 6.34. The topological polar surface area (TPSA) is 65.1 Å². The molecule has 2 heterocycles. The number of methoxy groups -OCH3 is 1. The van der Waals surface area contributed by atoms with Crippen molar-refractivity contribution in [2.24, 2.45) is 0 Å². The third-order valence-corrected chi connectivity index (χ3v) is 7.96. The van der Waals surface area contributed by atoms with Gasteiger partial charge in [-0.1, -0.05) is 57.6 Å². The number of benzene rings is 2. The fourth-order valence-electron chi connectivity index (χ4n) is 5.70. The van der Waals surface area contributed by atoms with Crippen molar-refractivity contribution in [1.29, 1.82) is 0 Å². The fraction of sp³-hybridized carbons (Fsp3) is 0.562. The van der Waals surface area contributed by atoms with Crippen LogP contribution in [0.3, 0.4) is 0 Å². The summed E-state index contributed by atoms with van der Waals surface area (Å²) in [7, 11) is 1.71. The van der Waals surface area contributed by atoms with Gasteiger partial charge in [0.15, 0.2) is 0 Å². The van der Waals surface area contributed by atoms with E-state index in [1.807, 2.05) is 41.3 Å². The lowest BCUT2D eigenvalue weighted by atomic mass is 10.1. The highest BCUT2D eigenvalue weighted by molar-refractivity contribution is 6.02. The minimum absolute atomic E-state index is 0.0290. The number of carbonyl (C=O) groups excluding carboxylic acids is 2. The number of carbonyl (C=O) groups is 2. The second-order valence-electron chi connectivity index (χ2n) is 10.8. The Morgan fingerprint density at radius 1 is 0.795 bits per heavy atom. The third kappa shape index (κ3) is 7.90. The molecule has 2 amide bonds. The molecular formula is C32H46N4O3. The molecule has 2 aliphatic rings. The average Bonchev–Trinajstić information content (AvgIpc) is 3.52. The molecule has 212 valence electrons. The number of rotatable bonds is 13. The summed E-state index contributed by atoms with van der Waals surface area (Å²) in [6.07, 6.45) is 10.9. The van der Waals surface area contributed by atoms with Gasteiger partial charge in [0.25, 0.3) is 5.91 Å². The number of anilines is 3. The molecule has 2 aromatic carbocycles. The third-order valence-electron chi connectivity index (χ3n) is 7.96. The molecule has 0 saturated carbocycles. The highest BCUT2D eigenvalue weighted by Gasteiger charge is 2.27. The molecule has 0 atom stereocenters. The molecule has 1 N–H and O–H groups in total. The Kier molecular flexibility index (Phi) is 10.9. The van der Waals surface area contributed by atoms with Crippen molar-refractivity contribution in [3.63, 3.8) is 0 Å². The monoisotopic (exact) mass is 534 g/mol. The zero-order chi connectivity index (χ0) is 27.5. The SMILES string of the molecule is CCCCCCCCCC(=O)Nc1ccc(N2CCN(c3ccccc3OC)CC2)c(C(=O)N2CCCC2)c1. The van der Waals surface area contributed by atoms with E-state index in [2.05, 4.69) is 28.1 Å². The summed E-state index contributed by atoms with van der Waals surface area (Å²) in [5, 5.41) is 3.06. The number of hydrogen-bond acceptors (Lipinski definition) is 5. The molecule has 0 spiro atoms. The number of nitrogens with one attached hydrogen (secondary N) is 1. The van der Waals surface area contributed by atoms with Crippen LogP contribution in [0.25, 0.3) is 0 Å². The van der Waals surface area contributed by atoms with Crippen LogP contribution < -0.4 is 19.9 Å². The molecule has 39 heavy (non-hydrogen) atoms. The lowest BCUT2D eigenvalue weighted by Crippen LogP contribution is -2.47. The summed E-state index contributed by atoms with van der Waals surface area (Å²) in [4.78, 5) is 32.9. The van der Waals surface area contributed by atoms with Crippen LogP contribution >= 0.6 is 0 Å². The van der Waals surface area contributed by atoms with Crippen LogP contribution in [0, 0.1) is 0 Å². The van der Waals surface area contributed by atoms with Gasteiger partial charge in [-0.3, -0.25) is 9.59 Å². The standard InChI is InChI=1S/C32H46N4O3/c1-3-4-5-6-7-8-9-16-31(37)33-26-17-18-28(27(25-26)32(38)36-19-12-13-20-36)34-21-23-35(24-22-34)29-14-10-11-15-30(29)39-2/h10-11,14-15,17-18,25H,3-9,12-13,16,19-24H2,1-2H3,(H,33,37). The van der Waals surface area contributed by atoms with Crippen LogP contribution in [0.4, 0.5) is 17.1 Å². The van der Waals surface area contributed by atoms with Gasteiger partial charge < -0.3 is 24.8 Å². The van der Waals surface area contributed by atoms with E-state index in [9.17, 15) is 9.59 Å². The Balaban J connectivity index is 1.40. The molecule has 7 nitrogen and oxygen atoms in total. The molecule has 0 unspecified atom stereocenters. The molecule has 2 aromatic rings. The average molecular weight is 535 g/mol. The summed E-state index contributed by atoms with van der Waals surface area (Å²) in [6, 6.07) is 14.0. The molecule has 2 aliphatic heterocycles. The van der Waals surface area contributed by atoms with Gasteiger partial charge in [0, 0.05) is 57.1 Å². The van der Waals surface area contributed by atoms with Gasteiger partial charge >= 0.3 is 0 Å². The van der Waals surface area contributed by atoms with Crippen molar-refractivity contribution in [3.8, 4) is 5.75 Å². The summed E-state index contributed by atoms with van der Waals surface area (Å²) in [6.45, 7) is 7.13. The van der Waals surface area contributed by atoms with Crippen LogP contribution in [0.2, 0.25) is 0 Å². The van der Waals surface area contributed by atoms with E-state index in [1.165, 1.54) is 32.1 Å². The maximum Gasteiger partial charge on any atom is 0.256 e. The largest absolute Gasteiger partial charge is 0.495 e. The predicted molar refractivity (Wildman–Crippen MR) is 160 cm³/mol. The summed E-state index contributed by atoms with van der Waals surface area (Å²) in [5.41, 5.74) is 3.46. The number of likely N-dealkylation sites (tertiary alicyclic amines) is 1. The number of piperazine rings is 1. The van der Waals surface area contributed by atoms with E-state index in [0.717, 1.165) is 82.1 Å². The Morgan fingerprint density at radius 3 is 2.13 bits per heavy atom. The molecule has 4 rings (SSSR count). The fourth-order valence-corrected chi connectivity index (χ4v) is 5.70. The zero-order valence-electron chi connectivity index (χ0n) is 23.9. The number of hydrogen-bond donors (Lipinski definition) is 1. The van der Waals surface area contributed by atoms with E-state index < -0.39 is 0 Å². The van der Waals surface area contributed by atoms with Gasteiger partial charge in [0.05, 0.1) is 18.4 Å². The van der Waals surface area contributed by atoms with Gasteiger partial charge in [-0.05, 0) is 49.6 Å². The van der Waals surface area contributed by atoms with Gasteiger partial charge in [0.2, 0.25) is 5.91 Å². The first-order valence-corrected chi connectivity index (χ1v) is 15.0. The Morgan fingerprint density at radius 2 is 1.44 bits per heavy atom. The molecule has 0 aromatic heterocycles. The summed E-state index contributed by atoms with van der Waals surface area (Å²) in [5.74, 6) is 0.978. The van der Waals surface area contributed by atoms with Crippen molar-refractivity contribution < 1.29 is 14.3 Å². The van der Waals surface area contributed by atoms with E-state index in [4.69, 9.17) is 4.74 Å². The molecule has 0 radical (unpaired) electrons. The molecule has 7 heteroatoms. The minimum atomic E-state index is 0.0290. The van der Waals surface area contributed by atoms with E-state index in [0.29, 0.717) is 17.7 Å². The number of unbranched alkanes of at least 4 members (excludes halogenated alkanes) is 6. The normalized spacial score (nSPS) is 15.5. The first-order valence-electron chi connectivity index (χ1n) is 15.0. The molecule has 0 aliphatic carbocycles. The van der Waals surface area contributed by atoms with Crippen LogP contribution in [0.15, 0.2) is 42.5 Å². The van der Waals surface area contributed by atoms with Gasteiger partial charge in [0.1, 0.15) is 5.75 Å². The lowest BCUT2D eigenvalue weighted by Gasteiger charge is -2.38. The second kappa shape index (κ2) is 14.8. The Hall–Kier alpha value is -3.22. The molecule has 2 saturated heterocycles. The van der Waals surface area contributed by atoms with Crippen LogP contribution in [0.1, 0.15) is 81.5 Å². The number of nitrogens with zero attached hydrogens (tertiary/aromatic N) is 3. The van der Waals surface area contributed by atoms with E-state index >= 15 is 0 Å². The second-order valence-corrected chi connectivity index (χ2v) is 10.8. The quantitative estimate of drug-likeness (QED) is 0.304. The molecule has 0 bridgehead atoms. The van der Waals surface area contributed by atoms with Gasteiger partial charge in [-0.2, -0.15) is 0 Å². The first-order chi connectivity index (χ1) is 19.1. The van der Waals surface area contributed by atoms with Crippen molar-refractivity contribution in [2.75, 3.05) is 61.5 Å². The van der Waals surface area contributed by atoms with Crippen LogP contribution in [-0.4, -0.2) is 63.1 Å². The van der Waals surface area contributed by atoms with E-state index in [-0.39, 0.29) is 11.8 Å². The maximum absolute atomic E-state index is 13.6. The summed E-state index contributed by atoms with van der Waals surface area (Å²) >= 11 is 0. The lowest BCUT2D eigenvalue weighted by molar-refractivity contribution is -0.116. The van der Waals surface area contributed by atoms with E-state index in [1.54, 1.807) is 7.11 Å². The number of amides is 2. The number of ether oxygens (including phenoxy) is 1. The van der Waals surface area contributed by atoms with Gasteiger partial charge in [-0.25, -0.2) is 0 Å². The van der Waals surface area contributed by atoms with Crippen LogP contribution in [-0.2, 0) is 4.79 Å². The minimum Gasteiger partial charge on any atom is -0.495 e. The van der Waals surface area contributed by atoms with Crippen LogP contribution in [0.5, 0.6) is 5.75 Å². The smallest absolute Gasteiger partial charge is 0.256 e. The zero-order valence-corrected chi connectivity index (χ0v) is 23.9. The van der Waals surface area contributed by atoms with Gasteiger partial charge in [-0.15, -0.1) is 0 Å². The van der Waals surface area contributed by atoms with Crippen molar-refractivity contribution in [2.45, 2.75) is 71.1 Å². The van der Waals surface area contributed by atoms with Crippen molar-refractivity contribution in [3.05, 3.63) is 48.0 Å². The van der Waals surface area contributed by atoms with Crippen molar-refractivity contribution >= 4 is 28.9 Å². The Bertz CT molecular complexity index is 1070. The highest BCUT2D eigenvalue weighted by Crippen LogP contribution is 2.32. The maximum atomic E-state index is 13.6.